The third-order valence-electron chi connectivity index (χ3n) is 4.08. The third kappa shape index (κ3) is 2.31. The summed E-state index contributed by atoms with van der Waals surface area (Å²) in [4.78, 5) is 0. The van der Waals surface area contributed by atoms with Crippen molar-refractivity contribution in [3.05, 3.63) is 82.5 Å². The molecule has 0 fully saturated rings. The fourth-order valence-corrected chi connectivity index (χ4v) is 3.07. The second kappa shape index (κ2) is 5.66. The van der Waals surface area contributed by atoms with Crippen molar-refractivity contribution in [3.63, 3.8) is 0 Å². The minimum Gasteiger partial charge on any atom is -0.0873 e. The summed E-state index contributed by atoms with van der Waals surface area (Å²) in [5.74, 6) is 0. The van der Waals surface area contributed by atoms with Crippen LogP contribution in [0.5, 0.6) is 0 Å². The molecular formula is C20H24. The summed E-state index contributed by atoms with van der Waals surface area (Å²) in [5.41, 5.74) is 6.82. The number of hydrogen-bond donors (Lipinski definition) is 0. The highest BCUT2D eigenvalue weighted by Gasteiger charge is 2.38. The Morgan fingerprint density at radius 1 is 0.900 bits per heavy atom. The lowest BCUT2D eigenvalue weighted by atomic mass is 9.75. The number of allylic oxidation sites excluding steroid dienone is 14. The van der Waals surface area contributed by atoms with Gasteiger partial charge in [0.1, 0.15) is 0 Å². The molecule has 20 heavy (non-hydrogen) atoms. The lowest BCUT2D eigenvalue weighted by Crippen LogP contribution is -2.17. The van der Waals surface area contributed by atoms with Gasteiger partial charge in [0.2, 0.25) is 0 Å². The molecular weight excluding hydrogens is 240 g/mol. The van der Waals surface area contributed by atoms with E-state index in [2.05, 4.69) is 89.3 Å². The molecule has 0 aromatic heterocycles. The van der Waals surface area contributed by atoms with Crippen LogP contribution in [0.4, 0.5) is 0 Å². The van der Waals surface area contributed by atoms with Crippen molar-refractivity contribution in [2.75, 3.05) is 0 Å². The molecule has 0 N–H and O–H groups in total. The van der Waals surface area contributed by atoms with E-state index in [0.29, 0.717) is 0 Å². The van der Waals surface area contributed by atoms with Crippen LogP contribution in [0.2, 0.25) is 0 Å². The summed E-state index contributed by atoms with van der Waals surface area (Å²) >= 11 is 0. The average Bonchev–Trinajstić information content (AvgIpc) is 2.62. The quantitative estimate of drug-likeness (QED) is 0.587. The topological polar surface area (TPSA) is 0 Å². The first-order chi connectivity index (χ1) is 9.53. The largest absolute Gasteiger partial charge is 0.0873 e. The standard InChI is InChI=1S/C20H24/c1-6-11-18-16(4)17(5)19(14-15(2)3)20(18)12-9-7-8-10-13-20/h6-14H,1-5H3/b11-6-. The Balaban J connectivity index is 2.73. The Bertz CT molecular complexity index is 590. The van der Waals surface area contributed by atoms with Crippen LogP contribution in [0.1, 0.15) is 34.6 Å². The van der Waals surface area contributed by atoms with Crippen LogP contribution in [0, 0.1) is 5.41 Å². The van der Waals surface area contributed by atoms with Gasteiger partial charge < -0.3 is 0 Å². The second-order valence-corrected chi connectivity index (χ2v) is 5.77. The van der Waals surface area contributed by atoms with Crippen LogP contribution < -0.4 is 0 Å². The van der Waals surface area contributed by atoms with Crippen LogP contribution in [0.15, 0.2) is 82.5 Å². The van der Waals surface area contributed by atoms with E-state index in [0.717, 1.165) is 0 Å². The summed E-state index contributed by atoms with van der Waals surface area (Å²) in [7, 11) is 0. The molecule has 0 bridgehead atoms. The normalized spacial score (nSPS) is 20.4. The van der Waals surface area contributed by atoms with E-state index < -0.39 is 0 Å². The molecule has 0 radical (unpaired) electrons. The maximum absolute atomic E-state index is 2.33. The minimum atomic E-state index is -0.110. The smallest absolute Gasteiger partial charge is 0.0573 e. The van der Waals surface area contributed by atoms with Crippen molar-refractivity contribution in [3.8, 4) is 0 Å². The Morgan fingerprint density at radius 3 is 1.95 bits per heavy atom. The third-order valence-corrected chi connectivity index (χ3v) is 4.08. The zero-order valence-electron chi connectivity index (χ0n) is 13.2. The molecule has 0 heteroatoms. The summed E-state index contributed by atoms with van der Waals surface area (Å²) in [5, 5.41) is 0. The molecule has 0 heterocycles. The van der Waals surface area contributed by atoms with Crippen LogP contribution in [-0.4, -0.2) is 0 Å². The van der Waals surface area contributed by atoms with E-state index in [-0.39, 0.29) is 5.41 Å². The molecule has 0 atom stereocenters. The van der Waals surface area contributed by atoms with Crippen molar-refractivity contribution in [2.45, 2.75) is 34.6 Å². The maximum atomic E-state index is 2.33. The fourth-order valence-electron chi connectivity index (χ4n) is 3.07. The van der Waals surface area contributed by atoms with E-state index >= 15 is 0 Å². The SMILES string of the molecule is C/C=C\C1=C(C)C(C)=C(C=C(C)C)C12C=CC=CC=C2. The average molecular weight is 264 g/mol. The van der Waals surface area contributed by atoms with E-state index in [9.17, 15) is 0 Å². The number of rotatable bonds is 2. The van der Waals surface area contributed by atoms with Gasteiger partial charge in [-0.15, -0.1) is 0 Å². The lowest BCUT2D eigenvalue weighted by Gasteiger charge is -2.27. The Kier molecular flexibility index (Phi) is 4.13. The molecule has 1 spiro atoms. The van der Waals surface area contributed by atoms with Gasteiger partial charge >= 0.3 is 0 Å². The van der Waals surface area contributed by atoms with Gasteiger partial charge in [-0.25, -0.2) is 0 Å². The van der Waals surface area contributed by atoms with Crippen LogP contribution in [0.25, 0.3) is 0 Å². The molecule has 2 aliphatic rings. The summed E-state index contributed by atoms with van der Waals surface area (Å²) < 4.78 is 0. The van der Waals surface area contributed by atoms with E-state index in [1.165, 1.54) is 27.9 Å². The van der Waals surface area contributed by atoms with Gasteiger partial charge in [0.25, 0.3) is 0 Å². The zero-order chi connectivity index (χ0) is 14.8. The molecule has 2 aliphatic carbocycles. The highest BCUT2D eigenvalue weighted by atomic mass is 14.4. The Hall–Kier alpha value is -1.82. The zero-order valence-corrected chi connectivity index (χ0v) is 13.2. The predicted octanol–water partition coefficient (Wildman–Crippen LogP) is 5.84. The molecule has 0 aromatic carbocycles. The molecule has 0 aromatic rings. The van der Waals surface area contributed by atoms with Gasteiger partial charge in [-0.05, 0) is 56.9 Å². The molecule has 0 nitrogen and oxygen atoms in total. The van der Waals surface area contributed by atoms with E-state index in [1.54, 1.807) is 0 Å². The molecule has 0 aliphatic heterocycles. The first kappa shape index (κ1) is 14.6. The van der Waals surface area contributed by atoms with Crippen LogP contribution in [0.3, 0.4) is 0 Å². The first-order valence-corrected chi connectivity index (χ1v) is 7.27. The maximum Gasteiger partial charge on any atom is 0.0573 e. The van der Waals surface area contributed by atoms with Gasteiger partial charge in [0.05, 0.1) is 5.41 Å². The highest BCUT2D eigenvalue weighted by Crippen LogP contribution is 2.51. The van der Waals surface area contributed by atoms with Gasteiger partial charge in [-0.2, -0.15) is 0 Å². The second-order valence-electron chi connectivity index (χ2n) is 5.77. The summed E-state index contributed by atoms with van der Waals surface area (Å²) in [6.45, 7) is 10.9. The Morgan fingerprint density at radius 2 is 1.45 bits per heavy atom. The van der Waals surface area contributed by atoms with E-state index in [4.69, 9.17) is 0 Å². The predicted molar refractivity (Wildman–Crippen MR) is 89.5 cm³/mol. The molecule has 0 saturated carbocycles. The van der Waals surface area contributed by atoms with E-state index in [1.807, 2.05) is 0 Å². The van der Waals surface area contributed by atoms with Gasteiger partial charge in [-0.3, -0.25) is 0 Å². The lowest BCUT2D eigenvalue weighted by molar-refractivity contribution is 0.749. The number of hydrogen-bond acceptors (Lipinski definition) is 0. The van der Waals surface area contributed by atoms with Gasteiger partial charge in [-0.1, -0.05) is 60.3 Å². The minimum absolute atomic E-state index is 0.110. The van der Waals surface area contributed by atoms with Crippen LogP contribution in [-0.2, 0) is 0 Å². The van der Waals surface area contributed by atoms with Crippen molar-refractivity contribution in [2.24, 2.45) is 5.41 Å². The molecule has 104 valence electrons. The summed E-state index contributed by atoms with van der Waals surface area (Å²) in [6, 6.07) is 0. The molecule has 2 rings (SSSR count). The van der Waals surface area contributed by atoms with Gasteiger partial charge in [0, 0.05) is 0 Å². The van der Waals surface area contributed by atoms with Gasteiger partial charge in [0.15, 0.2) is 0 Å². The monoisotopic (exact) mass is 264 g/mol. The highest BCUT2D eigenvalue weighted by molar-refractivity contribution is 5.65. The Labute approximate surface area is 123 Å². The summed E-state index contributed by atoms with van der Waals surface area (Å²) in [6.07, 6.45) is 19.9. The molecule has 0 amide bonds. The van der Waals surface area contributed by atoms with Crippen LogP contribution >= 0.6 is 0 Å². The van der Waals surface area contributed by atoms with Crippen molar-refractivity contribution < 1.29 is 0 Å². The van der Waals surface area contributed by atoms with Crippen molar-refractivity contribution >= 4 is 0 Å². The van der Waals surface area contributed by atoms with Crippen molar-refractivity contribution in [1.82, 2.24) is 0 Å². The van der Waals surface area contributed by atoms with Crippen molar-refractivity contribution in [1.29, 1.82) is 0 Å². The molecule has 0 unspecified atom stereocenters. The first-order valence-electron chi connectivity index (χ1n) is 7.27. The molecule has 0 saturated heterocycles. The fraction of sp³-hybridized carbons (Fsp3) is 0.300.